The summed E-state index contributed by atoms with van der Waals surface area (Å²) in [5.74, 6) is 1.86. The van der Waals surface area contributed by atoms with Crippen LogP contribution in [0.25, 0.3) is 0 Å². The number of nitrogens with one attached hydrogen (secondary N) is 1. The number of benzene rings is 1. The van der Waals surface area contributed by atoms with Crippen molar-refractivity contribution in [1.29, 1.82) is 0 Å². The molecule has 0 amide bonds. The van der Waals surface area contributed by atoms with Gasteiger partial charge in [0.25, 0.3) is 0 Å². The first kappa shape index (κ1) is 14.1. The Balaban J connectivity index is 1.57. The minimum atomic E-state index is 0.410. The quantitative estimate of drug-likeness (QED) is 0.819. The number of ether oxygens (including phenoxy) is 1. The highest BCUT2D eigenvalue weighted by molar-refractivity contribution is 5.13. The Kier molecular flexibility index (Phi) is 4.42. The molecule has 2 bridgehead atoms. The van der Waals surface area contributed by atoms with Crippen molar-refractivity contribution < 1.29 is 4.74 Å². The molecule has 2 aliphatic carbocycles. The molecule has 2 heteroatoms. The smallest absolute Gasteiger partial charge is 0.0717 e. The molecule has 2 aliphatic rings. The summed E-state index contributed by atoms with van der Waals surface area (Å²) in [4.78, 5) is 0. The van der Waals surface area contributed by atoms with E-state index < -0.39 is 0 Å². The van der Waals surface area contributed by atoms with Gasteiger partial charge in [0, 0.05) is 12.0 Å². The van der Waals surface area contributed by atoms with Crippen LogP contribution in [0, 0.1) is 17.3 Å². The van der Waals surface area contributed by atoms with E-state index in [4.69, 9.17) is 4.74 Å². The summed E-state index contributed by atoms with van der Waals surface area (Å²) in [7, 11) is 0. The van der Waals surface area contributed by atoms with E-state index in [2.05, 4.69) is 42.6 Å². The topological polar surface area (TPSA) is 21.3 Å². The van der Waals surface area contributed by atoms with Crippen molar-refractivity contribution in [3.8, 4) is 0 Å². The van der Waals surface area contributed by atoms with Gasteiger partial charge in [0.1, 0.15) is 0 Å². The monoisotopic (exact) mass is 273 g/mol. The Bertz CT molecular complexity index is 419. The molecule has 0 saturated heterocycles. The van der Waals surface area contributed by atoms with Crippen molar-refractivity contribution in [2.24, 2.45) is 17.3 Å². The van der Waals surface area contributed by atoms with Gasteiger partial charge in [-0.05, 0) is 43.2 Å². The lowest BCUT2D eigenvalue weighted by Gasteiger charge is -2.37. The Morgan fingerprint density at radius 1 is 1.25 bits per heavy atom. The highest BCUT2D eigenvalue weighted by atomic mass is 16.5. The summed E-state index contributed by atoms with van der Waals surface area (Å²) in [6.45, 7) is 6.09. The summed E-state index contributed by atoms with van der Waals surface area (Å²) in [5, 5.41) is 3.58. The summed E-state index contributed by atoms with van der Waals surface area (Å²) in [6, 6.07) is 10.5. The predicted molar refractivity (Wildman–Crippen MR) is 82.5 cm³/mol. The van der Waals surface area contributed by atoms with Gasteiger partial charge in [-0.2, -0.15) is 0 Å². The van der Waals surface area contributed by atoms with Crippen molar-refractivity contribution in [1.82, 2.24) is 5.32 Å². The van der Waals surface area contributed by atoms with Gasteiger partial charge in [-0.3, -0.25) is 0 Å². The first-order chi connectivity index (χ1) is 9.82. The Hall–Kier alpha value is -0.860. The minimum absolute atomic E-state index is 0.410. The molecule has 20 heavy (non-hydrogen) atoms. The van der Waals surface area contributed by atoms with Crippen LogP contribution < -0.4 is 5.32 Å². The van der Waals surface area contributed by atoms with E-state index in [0.717, 1.165) is 38.1 Å². The van der Waals surface area contributed by atoms with Crippen molar-refractivity contribution in [3.05, 3.63) is 35.9 Å². The van der Waals surface area contributed by atoms with Gasteiger partial charge in [0.05, 0.1) is 13.2 Å². The molecular formula is C18H27NO. The number of hydrogen-bond donors (Lipinski definition) is 1. The highest BCUT2D eigenvalue weighted by Gasteiger charge is 2.50. The van der Waals surface area contributed by atoms with Crippen LogP contribution in [0.5, 0.6) is 0 Å². The zero-order valence-electron chi connectivity index (χ0n) is 12.6. The maximum Gasteiger partial charge on any atom is 0.0717 e. The average molecular weight is 273 g/mol. The van der Waals surface area contributed by atoms with E-state index in [1.807, 2.05) is 0 Å². The zero-order chi connectivity index (χ0) is 13.8. The summed E-state index contributed by atoms with van der Waals surface area (Å²) in [5.41, 5.74) is 1.70. The molecule has 2 nitrogen and oxygen atoms in total. The van der Waals surface area contributed by atoms with Crippen molar-refractivity contribution >= 4 is 0 Å². The van der Waals surface area contributed by atoms with Crippen LogP contribution in [0.1, 0.15) is 38.2 Å². The molecule has 1 aromatic carbocycles. The van der Waals surface area contributed by atoms with Crippen LogP contribution in [0.3, 0.4) is 0 Å². The van der Waals surface area contributed by atoms with Crippen molar-refractivity contribution in [3.63, 3.8) is 0 Å². The Labute approximate surface area is 122 Å². The molecule has 2 fully saturated rings. The molecule has 3 rings (SSSR count). The standard InChI is InChI=1S/C18H27NO/c1-2-19-13-18(11-16-8-9-17(18)10-16)14-20-12-15-6-4-3-5-7-15/h3-7,16-17,19H,2,8-14H2,1H3. The predicted octanol–water partition coefficient (Wildman–Crippen LogP) is 3.62. The lowest BCUT2D eigenvalue weighted by molar-refractivity contribution is 0.000914. The van der Waals surface area contributed by atoms with Gasteiger partial charge in [-0.15, -0.1) is 0 Å². The van der Waals surface area contributed by atoms with E-state index in [1.165, 1.54) is 31.2 Å². The normalized spacial score (nSPS) is 31.9. The number of rotatable bonds is 7. The van der Waals surface area contributed by atoms with Crippen LogP contribution >= 0.6 is 0 Å². The first-order valence-corrected chi connectivity index (χ1v) is 8.15. The fourth-order valence-electron chi connectivity index (χ4n) is 4.32. The maximum absolute atomic E-state index is 6.12. The van der Waals surface area contributed by atoms with Crippen LogP contribution in [-0.4, -0.2) is 19.7 Å². The third-order valence-corrected chi connectivity index (χ3v) is 5.33. The molecule has 3 unspecified atom stereocenters. The zero-order valence-corrected chi connectivity index (χ0v) is 12.6. The lowest BCUT2D eigenvalue weighted by Crippen LogP contribution is -2.42. The minimum Gasteiger partial charge on any atom is -0.376 e. The second kappa shape index (κ2) is 6.28. The van der Waals surface area contributed by atoms with E-state index in [0.29, 0.717) is 5.41 Å². The third kappa shape index (κ3) is 2.91. The van der Waals surface area contributed by atoms with Gasteiger partial charge >= 0.3 is 0 Å². The molecule has 0 radical (unpaired) electrons. The summed E-state index contributed by atoms with van der Waals surface area (Å²) >= 11 is 0. The van der Waals surface area contributed by atoms with Gasteiger partial charge in [-0.1, -0.05) is 43.7 Å². The lowest BCUT2D eigenvalue weighted by atomic mass is 9.73. The fraction of sp³-hybridized carbons (Fsp3) is 0.667. The molecule has 2 saturated carbocycles. The summed E-state index contributed by atoms with van der Waals surface area (Å²) < 4.78 is 6.12. The molecule has 0 aromatic heterocycles. The SMILES string of the molecule is CCNCC1(COCc2ccccc2)CC2CCC1C2. The van der Waals surface area contributed by atoms with Gasteiger partial charge in [0.15, 0.2) is 0 Å². The van der Waals surface area contributed by atoms with E-state index in [-0.39, 0.29) is 0 Å². The molecule has 3 atom stereocenters. The Morgan fingerprint density at radius 2 is 2.10 bits per heavy atom. The van der Waals surface area contributed by atoms with Gasteiger partial charge in [0.2, 0.25) is 0 Å². The molecule has 110 valence electrons. The van der Waals surface area contributed by atoms with Gasteiger partial charge < -0.3 is 10.1 Å². The molecule has 1 aromatic rings. The molecule has 0 spiro atoms. The second-order valence-electron chi connectivity index (χ2n) is 6.70. The molecule has 1 N–H and O–H groups in total. The fourth-order valence-corrected chi connectivity index (χ4v) is 4.32. The van der Waals surface area contributed by atoms with Gasteiger partial charge in [-0.25, -0.2) is 0 Å². The molecule has 0 heterocycles. The van der Waals surface area contributed by atoms with E-state index in [1.54, 1.807) is 0 Å². The van der Waals surface area contributed by atoms with Crippen molar-refractivity contribution in [2.45, 2.75) is 39.2 Å². The average Bonchev–Trinajstić information content (AvgIpc) is 3.07. The van der Waals surface area contributed by atoms with Crippen molar-refractivity contribution in [2.75, 3.05) is 19.7 Å². The third-order valence-electron chi connectivity index (χ3n) is 5.33. The number of fused-ring (bicyclic) bond motifs is 2. The largest absolute Gasteiger partial charge is 0.376 e. The van der Waals surface area contributed by atoms with Crippen LogP contribution in [0.2, 0.25) is 0 Å². The second-order valence-corrected chi connectivity index (χ2v) is 6.70. The highest BCUT2D eigenvalue weighted by Crippen LogP contribution is 2.55. The molecular weight excluding hydrogens is 246 g/mol. The van der Waals surface area contributed by atoms with Crippen LogP contribution in [-0.2, 0) is 11.3 Å². The van der Waals surface area contributed by atoms with E-state index in [9.17, 15) is 0 Å². The van der Waals surface area contributed by atoms with Crippen LogP contribution in [0.15, 0.2) is 30.3 Å². The van der Waals surface area contributed by atoms with Crippen LogP contribution in [0.4, 0.5) is 0 Å². The summed E-state index contributed by atoms with van der Waals surface area (Å²) in [6.07, 6.45) is 5.70. The first-order valence-electron chi connectivity index (χ1n) is 8.15. The Morgan fingerprint density at radius 3 is 2.75 bits per heavy atom. The van der Waals surface area contributed by atoms with E-state index >= 15 is 0 Å². The molecule has 0 aliphatic heterocycles. The number of hydrogen-bond acceptors (Lipinski definition) is 2. The maximum atomic E-state index is 6.12.